The maximum Gasteiger partial charge on any atom is 0.128 e. The van der Waals surface area contributed by atoms with Crippen LogP contribution in [0.3, 0.4) is 0 Å². The minimum atomic E-state index is 0.199. The number of aryl methyl sites for hydroxylation is 1. The molecule has 2 heterocycles. The van der Waals surface area contributed by atoms with E-state index < -0.39 is 0 Å². The summed E-state index contributed by atoms with van der Waals surface area (Å²) in [7, 11) is 0. The number of hydrogen-bond donors (Lipinski definition) is 1. The molecule has 0 radical (unpaired) electrons. The van der Waals surface area contributed by atoms with Gasteiger partial charge in [-0.3, -0.25) is 0 Å². The molecule has 1 atom stereocenters. The number of thiophene rings is 1. The molecule has 0 aliphatic rings. The summed E-state index contributed by atoms with van der Waals surface area (Å²) in [5, 5.41) is 5.54. The maximum absolute atomic E-state index is 5.55. The van der Waals surface area contributed by atoms with E-state index in [1.807, 2.05) is 6.07 Å². The lowest BCUT2D eigenvalue weighted by atomic mass is 10.1. The van der Waals surface area contributed by atoms with Gasteiger partial charge in [-0.15, -0.1) is 11.3 Å². The van der Waals surface area contributed by atoms with E-state index in [4.69, 9.17) is 4.42 Å². The van der Waals surface area contributed by atoms with Crippen molar-refractivity contribution in [1.82, 2.24) is 5.32 Å². The highest BCUT2D eigenvalue weighted by Crippen LogP contribution is 2.28. The van der Waals surface area contributed by atoms with E-state index >= 15 is 0 Å². The van der Waals surface area contributed by atoms with Gasteiger partial charge in [-0.1, -0.05) is 13.0 Å². The molecule has 0 aromatic carbocycles. The van der Waals surface area contributed by atoms with Gasteiger partial charge in [0.05, 0.1) is 6.26 Å². The highest BCUT2D eigenvalue weighted by Gasteiger charge is 2.18. The molecular formula is C12H15NOS. The number of nitrogens with one attached hydrogen (secondary N) is 1. The summed E-state index contributed by atoms with van der Waals surface area (Å²) in [6.45, 7) is 5.12. The minimum Gasteiger partial charge on any atom is -0.467 e. The van der Waals surface area contributed by atoms with E-state index in [2.05, 4.69) is 36.7 Å². The van der Waals surface area contributed by atoms with Crippen LogP contribution < -0.4 is 5.32 Å². The predicted octanol–water partition coefficient (Wildman–Crippen LogP) is 3.35. The van der Waals surface area contributed by atoms with Gasteiger partial charge in [-0.05, 0) is 36.5 Å². The van der Waals surface area contributed by atoms with Crippen molar-refractivity contribution in [3.8, 4) is 0 Å². The molecule has 2 aromatic rings. The third-order valence-electron chi connectivity index (χ3n) is 2.40. The molecule has 0 saturated heterocycles. The van der Waals surface area contributed by atoms with E-state index in [1.165, 1.54) is 10.4 Å². The molecule has 3 heteroatoms. The first kappa shape index (κ1) is 10.5. The van der Waals surface area contributed by atoms with Crippen molar-refractivity contribution in [3.05, 3.63) is 46.0 Å². The van der Waals surface area contributed by atoms with Crippen molar-refractivity contribution < 1.29 is 4.42 Å². The Bertz CT molecular complexity index is 405. The van der Waals surface area contributed by atoms with Gasteiger partial charge in [0.1, 0.15) is 11.8 Å². The zero-order chi connectivity index (χ0) is 10.7. The molecule has 0 bridgehead atoms. The van der Waals surface area contributed by atoms with Crippen LogP contribution in [0.2, 0.25) is 0 Å². The fourth-order valence-electron chi connectivity index (χ4n) is 1.66. The molecule has 80 valence electrons. The van der Waals surface area contributed by atoms with Crippen LogP contribution >= 0.6 is 11.3 Å². The molecule has 0 aliphatic heterocycles. The zero-order valence-corrected chi connectivity index (χ0v) is 9.80. The van der Waals surface area contributed by atoms with Crippen molar-refractivity contribution in [3.63, 3.8) is 0 Å². The Morgan fingerprint density at radius 2 is 2.33 bits per heavy atom. The van der Waals surface area contributed by atoms with Crippen LogP contribution in [-0.2, 0) is 0 Å². The first-order valence-corrected chi connectivity index (χ1v) is 6.01. The topological polar surface area (TPSA) is 25.2 Å². The third-order valence-corrected chi connectivity index (χ3v) is 3.34. The maximum atomic E-state index is 5.55. The van der Waals surface area contributed by atoms with Gasteiger partial charge in [-0.2, -0.15) is 0 Å². The fraction of sp³-hybridized carbons (Fsp3) is 0.333. The lowest BCUT2D eigenvalue weighted by Crippen LogP contribution is -2.21. The Morgan fingerprint density at radius 1 is 1.47 bits per heavy atom. The van der Waals surface area contributed by atoms with Crippen LogP contribution in [0.5, 0.6) is 0 Å². The lowest BCUT2D eigenvalue weighted by Gasteiger charge is -2.14. The standard InChI is InChI=1S/C12H15NOS/c1-3-13-11(10-5-4-8-15-10)12-9(2)6-7-14-12/h4-8,11,13H,3H2,1-2H3. The SMILES string of the molecule is CCNC(c1cccs1)c1occc1C. The van der Waals surface area contributed by atoms with Gasteiger partial charge in [0, 0.05) is 4.88 Å². The molecule has 0 saturated carbocycles. The monoisotopic (exact) mass is 221 g/mol. The smallest absolute Gasteiger partial charge is 0.128 e. The summed E-state index contributed by atoms with van der Waals surface area (Å²) < 4.78 is 5.55. The van der Waals surface area contributed by atoms with Gasteiger partial charge < -0.3 is 9.73 Å². The van der Waals surface area contributed by atoms with Crippen molar-refractivity contribution >= 4 is 11.3 Å². The average molecular weight is 221 g/mol. The normalized spacial score (nSPS) is 12.9. The Labute approximate surface area is 93.9 Å². The molecule has 0 spiro atoms. The number of rotatable bonds is 4. The van der Waals surface area contributed by atoms with Crippen LogP contribution in [-0.4, -0.2) is 6.54 Å². The van der Waals surface area contributed by atoms with Crippen LogP contribution in [0.1, 0.15) is 29.2 Å². The zero-order valence-electron chi connectivity index (χ0n) is 8.99. The third kappa shape index (κ3) is 2.13. The van der Waals surface area contributed by atoms with Gasteiger partial charge >= 0.3 is 0 Å². The van der Waals surface area contributed by atoms with Crippen LogP contribution in [0.4, 0.5) is 0 Å². The lowest BCUT2D eigenvalue weighted by molar-refractivity contribution is 0.452. The summed E-state index contributed by atoms with van der Waals surface area (Å²) in [4.78, 5) is 1.30. The van der Waals surface area contributed by atoms with Crippen LogP contribution in [0.25, 0.3) is 0 Å². The predicted molar refractivity (Wildman–Crippen MR) is 63.3 cm³/mol. The molecule has 2 aromatic heterocycles. The first-order chi connectivity index (χ1) is 7.33. The highest BCUT2D eigenvalue weighted by atomic mass is 32.1. The molecule has 2 rings (SSSR count). The Hall–Kier alpha value is -1.06. The molecular weight excluding hydrogens is 206 g/mol. The van der Waals surface area contributed by atoms with E-state index in [9.17, 15) is 0 Å². The molecule has 0 aliphatic carbocycles. The average Bonchev–Trinajstić information content (AvgIpc) is 2.85. The van der Waals surface area contributed by atoms with Crippen LogP contribution in [0, 0.1) is 6.92 Å². The second-order valence-electron chi connectivity index (χ2n) is 3.47. The summed E-state index contributed by atoms with van der Waals surface area (Å²) >= 11 is 1.76. The minimum absolute atomic E-state index is 0.199. The molecule has 0 amide bonds. The summed E-state index contributed by atoms with van der Waals surface area (Å²) in [6.07, 6.45) is 1.75. The largest absolute Gasteiger partial charge is 0.467 e. The van der Waals surface area contributed by atoms with Crippen molar-refractivity contribution in [2.24, 2.45) is 0 Å². The van der Waals surface area contributed by atoms with Crippen molar-refractivity contribution in [2.75, 3.05) is 6.54 Å². The number of furan rings is 1. The Kier molecular flexibility index (Phi) is 3.23. The van der Waals surface area contributed by atoms with E-state index in [0.717, 1.165) is 12.3 Å². The van der Waals surface area contributed by atoms with E-state index in [-0.39, 0.29) is 6.04 Å². The second kappa shape index (κ2) is 4.64. The number of hydrogen-bond acceptors (Lipinski definition) is 3. The molecule has 2 nitrogen and oxygen atoms in total. The summed E-state index contributed by atoms with van der Waals surface area (Å²) in [5.74, 6) is 1.03. The van der Waals surface area contributed by atoms with Crippen molar-refractivity contribution in [2.45, 2.75) is 19.9 Å². The van der Waals surface area contributed by atoms with E-state index in [0.29, 0.717) is 0 Å². The van der Waals surface area contributed by atoms with E-state index in [1.54, 1.807) is 17.6 Å². The highest BCUT2D eigenvalue weighted by molar-refractivity contribution is 7.10. The van der Waals surface area contributed by atoms with Gasteiger partial charge in [0.15, 0.2) is 0 Å². The summed E-state index contributed by atoms with van der Waals surface area (Å²) in [5.41, 5.74) is 1.20. The second-order valence-corrected chi connectivity index (χ2v) is 4.45. The first-order valence-electron chi connectivity index (χ1n) is 5.13. The summed E-state index contributed by atoms with van der Waals surface area (Å²) in [6, 6.07) is 6.42. The van der Waals surface area contributed by atoms with Crippen LogP contribution in [0.15, 0.2) is 34.3 Å². The molecule has 1 unspecified atom stereocenters. The van der Waals surface area contributed by atoms with Gasteiger partial charge in [-0.25, -0.2) is 0 Å². The Balaban J connectivity index is 2.32. The quantitative estimate of drug-likeness (QED) is 0.856. The van der Waals surface area contributed by atoms with Gasteiger partial charge in [0.25, 0.3) is 0 Å². The van der Waals surface area contributed by atoms with Crippen molar-refractivity contribution in [1.29, 1.82) is 0 Å². The fourth-order valence-corrected chi connectivity index (χ4v) is 2.46. The molecule has 0 fully saturated rings. The molecule has 1 N–H and O–H groups in total. The Morgan fingerprint density at radius 3 is 2.87 bits per heavy atom. The van der Waals surface area contributed by atoms with Gasteiger partial charge in [0.2, 0.25) is 0 Å². The molecule has 15 heavy (non-hydrogen) atoms.